The van der Waals surface area contributed by atoms with E-state index in [4.69, 9.17) is 14.2 Å². The third kappa shape index (κ3) is 7.97. The number of halogens is 1. The molecule has 1 aromatic heterocycles. The first-order chi connectivity index (χ1) is 20.9. The van der Waals surface area contributed by atoms with Gasteiger partial charge in [0.1, 0.15) is 18.5 Å². The van der Waals surface area contributed by atoms with Crippen molar-refractivity contribution in [1.29, 1.82) is 0 Å². The monoisotopic (exact) mass is 588 g/mol. The number of ether oxygens (including phenoxy) is 3. The molecular weight excluding hydrogens is 555 g/mol. The third-order valence-corrected chi connectivity index (χ3v) is 6.96. The minimum Gasteiger partial charge on any atom is -0.493 e. The van der Waals surface area contributed by atoms with Crippen LogP contribution in [0.15, 0.2) is 72.9 Å². The summed E-state index contributed by atoms with van der Waals surface area (Å²) in [6.45, 7) is 2.60. The summed E-state index contributed by atoms with van der Waals surface area (Å²) in [5.41, 5.74) is 1.43. The highest BCUT2D eigenvalue weighted by atomic mass is 19.1. The number of aliphatic hydroxyl groups excluding tert-OH is 1. The molecule has 0 aliphatic carbocycles. The summed E-state index contributed by atoms with van der Waals surface area (Å²) in [6, 6.07) is 17.1. The summed E-state index contributed by atoms with van der Waals surface area (Å²) in [7, 11) is 1.50. The van der Waals surface area contributed by atoms with Crippen molar-refractivity contribution in [2.45, 2.75) is 25.4 Å². The quantitative estimate of drug-likeness (QED) is 0.226. The molecule has 11 heteroatoms. The van der Waals surface area contributed by atoms with Crippen LogP contribution < -0.4 is 24.8 Å². The first kappa shape index (κ1) is 29.7. The number of anilines is 1. The van der Waals surface area contributed by atoms with Crippen LogP contribution in [0.5, 0.6) is 23.0 Å². The maximum absolute atomic E-state index is 15.0. The van der Waals surface area contributed by atoms with E-state index in [-0.39, 0.29) is 24.5 Å². The number of hydrogen-bond donors (Lipinski definition) is 3. The van der Waals surface area contributed by atoms with Crippen LogP contribution in [0.2, 0.25) is 0 Å². The molecule has 3 N–H and O–H groups in total. The second-order valence-corrected chi connectivity index (χ2v) is 10.2. The molecule has 0 radical (unpaired) electrons. The van der Waals surface area contributed by atoms with E-state index in [1.807, 2.05) is 6.07 Å². The number of rotatable bonds is 11. The predicted molar refractivity (Wildman–Crippen MR) is 159 cm³/mol. The van der Waals surface area contributed by atoms with E-state index in [0.717, 1.165) is 37.6 Å². The molecule has 10 nitrogen and oxygen atoms in total. The fourth-order valence-corrected chi connectivity index (χ4v) is 4.89. The molecule has 0 bridgehead atoms. The van der Waals surface area contributed by atoms with Crippen LogP contribution in [0.3, 0.4) is 0 Å². The molecule has 43 heavy (non-hydrogen) atoms. The van der Waals surface area contributed by atoms with Crippen LogP contribution >= 0.6 is 0 Å². The molecule has 1 aliphatic heterocycles. The maximum atomic E-state index is 15.0. The van der Waals surface area contributed by atoms with Gasteiger partial charge >= 0.3 is 6.03 Å². The van der Waals surface area contributed by atoms with Crippen LogP contribution in [0.4, 0.5) is 14.9 Å². The molecule has 2 heterocycles. The van der Waals surface area contributed by atoms with Crippen LogP contribution in [0.25, 0.3) is 10.9 Å². The number of imide groups is 1. The Balaban J connectivity index is 1.23. The number of benzene rings is 3. The maximum Gasteiger partial charge on any atom is 0.325 e. The Bertz CT molecular complexity index is 1580. The number of likely N-dealkylation sites (tertiary alicyclic amines) is 1. The summed E-state index contributed by atoms with van der Waals surface area (Å²) in [4.78, 5) is 31.0. The summed E-state index contributed by atoms with van der Waals surface area (Å²) in [5.74, 6) is -0.141. The number of pyridine rings is 1. The predicted octanol–water partition coefficient (Wildman–Crippen LogP) is 4.90. The van der Waals surface area contributed by atoms with E-state index >= 15 is 4.39 Å². The fourth-order valence-electron chi connectivity index (χ4n) is 4.89. The van der Waals surface area contributed by atoms with Crippen molar-refractivity contribution in [3.05, 3.63) is 84.3 Å². The van der Waals surface area contributed by atoms with Gasteiger partial charge in [-0.25, -0.2) is 9.18 Å². The highest BCUT2D eigenvalue weighted by Crippen LogP contribution is 2.38. The van der Waals surface area contributed by atoms with Gasteiger partial charge in [-0.2, -0.15) is 0 Å². The standard InChI is InChI=1S/C32H33FN4O6/c1-41-29-17-24-26(18-30(29)42-20-23(38)19-37-13-5-6-14-37)34-12-11-27(24)43-28-10-9-22(16-25(28)33)35-32(40)36-31(39)15-21-7-3-2-4-8-21/h2-4,7-12,16-18,23,38H,5-6,13-15,19-20H2,1H3,(H2,35,36,39,40). The van der Waals surface area contributed by atoms with Crippen molar-refractivity contribution in [3.8, 4) is 23.0 Å². The number of aliphatic hydroxyl groups is 1. The van der Waals surface area contributed by atoms with E-state index in [1.54, 1.807) is 42.5 Å². The highest BCUT2D eigenvalue weighted by molar-refractivity contribution is 6.01. The summed E-state index contributed by atoms with van der Waals surface area (Å²) >= 11 is 0. The second kappa shape index (κ2) is 14.0. The summed E-state index contributed by atoms with van der Waals surface area (Å²) in [5, 5.41) is 15.7. The number of methoxy groups -OCH3 is 1. The lowest BCUT2D eigenvalue weighted by atomic mass is 10.1. The van der Waals surface area contributed by atoms with E-state index in [1.165, 1.54) is 25.4 Å². The van der Waals surface area contributed by atoms with Crippen molar-refractivity contribution in [3.63, 3.8) is 0 Å². The minimum absolute atomic E-state index is 0.0361. The van der Waals surface area contributed by atoms with Crippen molar-refractivity contribution in [2.75, 3.05) is 38.7 Å². The molecule has 1 saturated heterocycles. The van der Waals surface area contributed by atoms with Gasteiger partial charge in [-0.3, -0.25) is 15.1 Å². The van der Waals surface area contributed by atoms with Gasteiger partial charge < -0.3 is 29.5 Å². The van der Waals surface area contributed by atoms with Gasteiger partial charge in [-0.1, -0.05) is 30.3 Å². The third-order valence-electron chi connectivity index (χ3n) is 6.96. The molecule has 3 amide bonds. The lowest BCUT2D eigenvalue weighted by Gasteiger charge is -2.20. The minimum atomic E-state index is -0.775. The number of urea groups is 1. The Hall–Kier alpha value is -4.74. The van der Waals surface area contributed by atoms with Gasteiger partial charge in [0, 0.05) is 35.9 Å². The topological polar surface area (TPSA) is 122 Å². The Morgan fingerprint density at radius 1 is 1.00 bits per heavy atom. The van der Waals surface area contributed by atoms with Crippen LogP contribution in [0, 0.1) is 5.82 Å². The van der Waals surface area contributed by atoms with Gasteiger partial charge in [0.2, 0.25) is 5.91 Å². The zero-order valence-corrected chi connectivity index (χ0v) is 23.7. The lowest BCUT2D eigenvalue weighted by Crippen LogP contribution is -2.35. The molecule has 4 aromatic rings. The summed E-state index contributed by atoms with van der Waals surface area (Å²) < 4.78 is 32.3. The average Bonchev–Trinajstić information content (AvgIpc) is 3.50. The normalized spacial score (nSPS) is 13.8. The van der Waals surface area contributed by atoms with E-state index in [9.17, 15) is 14.7 Å². The van der Waals surface area contributed by atoms with Crippen molar-refractivity contribution < 1.29 is 33.3 Å². The zero-order valence-electron chi connectivity index (χ0n) is 23.7. The first-order valence-corrected chi connectivity index (χ1v) is 14.0. The van der Waals surface area contributed by atoms with Gasteiger partial charge in [-0.05, 0) is 55.8 Å². The Labute approximate surface area is 248 Å². The number of amides is 3. The molecule has 0 spiro atoms. The number of carbonyl (C=O) groups excluding carboxylic acids is 2. The molecule has 224 valence electrons. The Kier molecular flexibility index (Phi) is 9.65. The van der Waals surface area contributed by atoms with Crippen molar-refractivity contribution in [2.24, 2.45) is 0 Å². The number of carbonyl (C=O) groups is 2. The molecule has 0 saturated carbocycles. The molecule has 5 rings (SSSR count). The molecule has 1 atom stereocenters. The molecule has 1 aliphatic rings. The molecular formula is C32H33FN4O6. The number of aromatic nitrogens is 1. The zero-order chi connectivity index (χ0) is 30.2. The van der Waals surface area contributed by atoms with Gasteiger partial charge in [0.05, 0.1) is 19.0 Å². The Morgan fingerprint density at radius 2 is 1.79 bits per heavy atom. The van der Waals surface area contributed by atoms with E-state index in [2.05, 4.69) is 20.5 Å². The molecule has 1 fully saturated rings. The number of hydrogen-bond acceptors (Lipinski definition) is 8. The Morgan fingerprint density at radius 3 is 2.53 bits per heavy atom. The molecule has 1 unspecified atom stereocenters. The average molecular weight is 589 g/mol. The van der Waals surface area contributed by atoms with Crippen LogP contribution in [0.1, 0.15) is 18.4 Å². The SMILES string of the molecule is COc1cc2c(Oc3ccc(NC(=O)NC(=O)Cc4ccccc4)cc3F)ccnc2cc1OCC(O)CN1CCCC1. The largest absolute Gasteiger partial charge is 0.493 e. The van der Waals surface area contributed by atoms with E-state index < -0.39 is 23.9 Å². The van der Waals surface area contributed by atoms with Gasteiger partial charge in [-0.15, -0.1) is 0 Å². The number of nitrogens with zero attached hydrogens (tertiary/aromatic N) is 2. The van der Waals surface area contributed by atoms with Gasteiger partial charge in [0.15, 0.2) is 23.1 Å². The smallest absolute Gasteiger partial charge is 0.325 e. The molecule has 3 aromatic carbocycles. The highest BCUT2D eigenvalue weighted by Gasteiger charge is 2.19. The van der Waals surface area contributed by atoms with E-state index in [0.29, 0.717) is 34.7 Å². The number of fused-ring (bicyclic) bond motifs is 1. The van der Waals surface area contributed by atoms with Crippen LogP contribution in [-0.4, -0.2) is 66.4 Å². The fraction of sp³-hybridized carbons (Fsp3) is 0.281. The summed E-state index contributed by atoms with van der Waals surface area (Å²) in [6.07, 6.45) is 3.20. The van der Waals surface area contributed by atoms with Crippen molar-refractivity contribution in [1.82, 2.24) is 15.2 Å². The van der Waals surface area contributed by atoms with Crippen LogP contribution in [-0.2, 0) is 11.2 Å². The number of β-amino-alcohol motifs (C(OH)–C–C–N with tert-alkyl or cyclic N) is 1. The second-order valence-electron chi connectivity index (χ2n) is 10.2. The lowest BCUT2D eigenvalue weighted by molar-refractivity contribution is -0.119. The van der Waals surface area contributed by atoms with Crippen molar-refractivity contribution >= 4 is 28.5 Å². The first-order valence-electron chi connectivity index (χ1n) is 14.0. The number of nitrogens with one attached hydrogen (secondary N) is 2. The van der Waals surface area contributed by atoms with Gasteiger partial charge in [0.25, 0.3) is 0 Å².